The largest absolute Gasteiger partial charge is 0.301 e. The molecule has 0 saturated heterocycles. The molecule has 64 valence electrons. The number of hydrogen-bond donors (Lipinski definition) is 0. The van der Waals surface area contributed by atoms with Crippen molar-refractivity contribution in [3.63, 3.8) is 0 Å². The molecule has 0 N–H and O–H groups in total. The van der Waals surface area contributed by atoms with Crippen LogP contribution in [0.4, 0.5) is 8.78 Å². The minimum atomic E-state index is -1.26. The Morgan fingerprint density at radius 2 is 1.83 bits per heavy atom. The Kier molecular flexibility index (Phi) is 2.76. The molecule has 4 heteroatoms. The zero-order valence-electron chi connectivity index (χ0n) is 5.93. The number of rotatable bonds is 2. The Hall–Kier alpha value is -0.960. The molecule has 0 amide bonds. The molecular weight excluding hydrogens is 186 g/mol. The molecule has 0 radical (unpaired) electrons. The Balaban J connectivity index is 3.20. The van der Waals surface area contributed by atoms with Crippen molar-refractivity contribution in [3.8, 4) is 0 Å². The maximum Gasteiger partial charge on any atom is 0.142 e. The van der Waals surface area contributed by atoms with Crippen molar-refractivity contribution in [3.05, 3.63) is 35.4 Å². The lowest BCUT2D eigenvalue weighted by Crippen LogP contribution is -1.99. The number of benzene rings is 1. The molecule has 0 aliphatic heterocycles. The van der Waals surface area contributed by atoms with Crippen LogP contribution in [0.1, 0.15) is 10.9 Å². The lowest BCUT2D eigenvalue weighted by Gasteiger charge is -2.04. The van der Waals surface area contributed by atoms with Gasteiger partial charge in [-0.2, -0.15) is 0 Å². The van der Waals surface area contributed by atoms with Crippen LogP contribution in [0.15, 0.2) is 18.2 Å². The number of halogens is 3. The number of alkyl halides is 1. The van der Waals surface area contributed by atoms with E-state index in [2.05, 4.69) is 0 Å². The van der Waals surface area contributed by atoms with Gasteiger partial charge in [-0.05, 0) is 12.1 Å². The topological polar surface area (TPSA) is 17.1 Å². The van der Waals surface area contributed by atoms with Crippen molar-refractivity contribution < 1.29 is 13.6 Å². The van der Waals surface area contributed by atoms with Crippen molar-refractivity contribution >= 4 is 17.9 Å². The van der Waals surface area contributed by atoms with Gasteiger partial charge >= 0.3 is 0 Å². The monoisotopic (exact) mass is 190 g/mol. The molecule has 0 saturated carbocycles. The van der Waals surface area contributed by atoms with Gasteiger partial charge in [-0.25, -0.2) is 8.78 Å². The van der Waals surface area contributed by atoms with Gasteiger partial charge in [-0.15, -0.1) is 11.6 Å². The number of aldehydes is 1. The summed E-state index contributed by atoms with van der Waals surface area (Å²) in [7, 11) is 0. The lowest BCUT2D eigenvalue weighted by molar-refractivity contribution is -0.107. The van der Waals surface area contributed by atoms with Crippen LogP contribution in [-0.2, 0) is 4.79 Å². The molecule has 0 aliphatic carbocycles. The van der Waals surface area contributed by atoms with Gasteiger partial charge in [-0.3, -0.25) is 0 Å². The van der Waals surface area contributed by atoms with Gasteiger partial charge < -0.3 is 4.79 Å². The van der Waals surface area contributed by atoms with E-state index >= 15 is 0 Å². The fourth-order valence-corrected chi connectivity index (χ4v) is 1.05. The van der Waals surface area contributed by atoms with E-state index in [0.717, 1.165) is 12.1 Å². The third-order valence-corrected chi connectivity index (χ3v) is 1.72. The predicted molar refractivity (Wildman–Crippen MR) is 41.0 cm³/mol. The highest BCUT2D eigenvalue weighted by atomic mass is 35.5. The van der Waals surface area contributed by atoms with Crippen LogP contribution in [0.5, 0.6) is 0 Å². The Labute approximate surface area is 73.0 Å². The molecule has 1 unspecified atom stereocenters. The second kappa shape index (κ2) is 3.63. The van der Waals surface area contributed by atoms with Crippen LogP contribution < -0.4 is 0 Å². The van der Waals surface area contributed by atoms with E-state index in [0.29, 0.717) is 0 Å². The van der Waals surface area contributed by atoms with E-state index in [1.165, 1.54) is 6.07 Å². The first-order valence-electron chi connectivity index (χ1n) is 3.20. The summed E-state index contributed by atoms with van der Waals surface area (Å²) in [5.41, 5.74) is -0.394. The van der Waals surface area contributed by atoms with Crippen molar-refractivity contribution in [1.82, 2.24) is 0 Å². The molecule has 1 nitrogen and oxygen atoms in total. The maximum absolute atomic E-state index is 12.8. The first-order valence-corrected chi connectivity index (χ1v) is 3.63. The highest BCUT2D eigenvalue weighted by Gasteiger charge is 2.16. The number of carbonyl (C=O) groups excluding carboxylic acids is 1. The van der Waals surface area contributed by atoms with Crippen LogP contribution >= 0.6 is 11.6 Å². The average Bonchev–Trinajstić information content (AvgIpc) is 2.03. The van der Waals surface area contributed by atoms with Crippen molar-refractivity contribution in [1.29, 1.82) is 0 Å². The summed E-state index contributed by atoms with van der Waals surface area (Å²) in [6.45, 7) is 0. The van der Waals surface area contributed by atoms with Gasteiger partial charge in [0, 0.05) is 5.56 Å². The maximum atomic E-state index is 12.8. The van der Waals surface area contributed by atoms with Gasteiger partial charge in [0.15, 0.2) is 0 Å². The van der Waals surface area contributed by atoms with E-state index in [-0.39, 0.29) is 6.29 Å². The van der Waals surface area contributed by atoms with Crippen molar-refractivity contribution in [2.24, 2.45) is 0 Å². The van der Waals surface area contributed by atoms with Crippen LogP contribution in [0, 0.1) is 11.6 Å². The minimum absolute atomic E-state index is 0.281. The molecule has 0 fully saturated rings. The van der Waals surface area contributed by atoms with Crippen LogP contribution in [0.3, 0.4) is 0 Å². The molecule has 0 bridgehead atoms. The van der Waals surface area contributed by atoms with Gasteiger partial charge in [-0.1, -0.05) is 6.07 Å². The highest BCUT2D eigenvalue weighted by Crippen LogP contribution is 2.23. The van der Waals surface area contributed by atoms with E-state index in [1.807, 2.05) is 0 Å². The predicted octanol–water partition coefficient (Wildman–Crippen LogP) is 2.44. The van der Waals surface area contributed by atoms with Crippen molar-refractivity contribution in [2.75, 3.05) is 0 Å². The molecule has 0 spiro atoms. The molecule has 0 aliphatic rings. The standard InChI is InChI=1S/C8H5ClF2O/c9-5(4-12)8-6(10)2-1-3-7(8)11/h1-5H. The minimum Gasteiger partial charge on any atom is -0.301 e. The SMILES string of the molecule is O=CC(Cl)c1c(F)cccc1F. The fraction of sp³-hybridized carbons (Fsp3) is 0.125. The molecule has 1 atom stereocenters. The Morgan fingerprint density at radius 1 is 1.33 bits per heavy atom. The molecule has 12 heavy (non-hydrogen) atoms. The van der Waals surface area contributed by atoms with Gasteiger partial charge in [0.1, 0.15) is 23.3 Å². The van der Waals surface area contributed by atoms with Crippen LogP contribution in [0.2, 0.25) is 0 Å². The summed E-state index contributed by atoms with van der Waals surface area (Å²) in [6, 6.07) is 3.32. The molecule has 0 aromatic heterocycles. The summed E-state index contributed by atoms with van der Waals surface area (Å²) < 4.78 is 25.6. The summed E-state index contributed by atoms with van der Waals surface area (Å²) in [4.78, 5) is 10.1. The van der Waals surface area contributed by atoms with E-state index in [9.17, 15) is 13.6 Å². The van der Waals surface area contributed by atoms with Gasteiger partial charge in [0.05, 0.1) is 0 Å². The molecule has 1 aromatic carbocycles. The number of carbonyl (C=O) groups is 1. The quantitative estimate of drug-likeness (QED) is 0.517. The van der Waals surface area contributed by atoms with Crippen molar-refractivity contribution in [2.45, 2.75) is 5.38 Å². The second-order valence-electron chi connectivity index (χ2n) is 2.17. The molecule has 1 aromatic rings. The second-order valence-corrected chi connectivity index (χ2v) is 2.64. The number of hydrogen-bond acceptors (Lipinski definition) is 1. The smallest absolute Gasteiger partial charge is 0.142 e. The van der Waals surface area contributed by atoms with Gasteiger partial charge in [0.2, 0.25) is 0 Å². The summed E-state index contributed by atoms with van der Waals surface area (Å²) in [5, 5.41) is -1.26. The molecule has 1 rings (SSSR count). The van der Waals surface area contributed by atoms with Crippen LogP contribution in [0.25, 0.3) is 0 Å². The van der Waals surface area contributed by atoms with E-state index in [4.69, 9.17) is 11.6 Å². The fourth-order valence-electron chi connectivity index (χ4n) is 0.842. The Bertz CT molecular complexity index is 281. The zero-order chi connectivity index (χ0) is 9.14. The van der Waals surface area contributed by atoms with Crippen LogP contribution in [-0.4, -0.2) is 6.29 Å². The molecule has 0 heterocycles. The Morgan fingerprint density at radius 3 is 2.25 bits per heavy atom. The van der Waals surface area contributed by atoms with E-state index in [1.54, 1.807) is 0 Å². The zero-order valence-corrected chi connectivity index (χ0v) is 6.68. The normalized spacial score (nSPS) is 12.6. The lowest BCUT2D eigenvalue weighted by atomic mass is 10.1. The van der Waals surface area contributed by atoms with E-state index < -0.39 is 22.6 Å². The van der Waals surface area contributed by atoms with Gasteiger partial charge in [0.25, 0.3) is 0 Å². The first kappa shape index (κ1) is 9.13. The third-order valence-electron chi connectivity index (χ3n) is 1.39. The third kappa shape index (κ3) is 1.61. The highest BCUT2D eigenvalue weighted by molar-refractivity contribution is 6.27. The average molecular weight is 191 g/mol. The summed E-state index contributed by atoms with van der Waals surface area (Å²) >= 11 is 5.35. The first-order chi connectivity index (χ1) is 5.66. The summed E-state index contributed by atoms with van der Waals surface area (Å²) in [6.07, 6.45) is 0.281. The summed E-state index contributed by atoms with van der Waals surface area (Å²) in [5.74, 6) is -1.61. The molecular formula is C8H5ClF2O.